The molecule has 0 heterocycles. The number of hydrogen-bond acceptors (Lipinski definition) is 6. The molecular formula is C27H28N4O6. The molecule has 10 heteroatoms. The Bertz CT molecular complexity index is 1260. The molecule has 0 saturated heterocycles. The summed E-state index contributed by atoms with van der Waals surface area (Å²) >= 11 is 0. The van der Waals surface area contributed by atoms with Crippen molar-refractivity contribution in [1.29, 1.82) is 0 Å². The summed E-state index contributed by atoms with van der Waals surface area (Å²) < 4.78 is 10.2. The largest absolute Gasteiger partial charge is 0.497 e. The van der Waals surface area contributed by atoms with Crippen LogP contribution in [0, 0.1) is 0 Å². The molecule has 0 saturated carbocycles. The summed E-state index contributed by atoms with van der Waals surface area (Å²) in [6.07, 6.45) is 0.260. The molecule has 37 heavy (non-hydrogen) atoms. The first kappa shape index (κ1) is 26.7. The monoisotopic (exact) mass is 504 g/mol. The summed E-state index contributed by atoms with van der Waals surface area (Å²) in [5, 5.41) is 5.37. The van der Waals surface area contributed by atoms with Gasteiger partial charge in [0.05, 0.1) is 25.5 Å². The van der Waals surface area contributed by atoms with E-state index in [4.69, 9.17) is 9.47 Å². The Morgan fingerprint density at radius 3 is 1.78 bits per heavy atom. The van der Waals surface area contributed by atoms with Crippen LogP contribution < -0.4 is 31.0 Å². The van der Waals surface area contributed by atoms with Gasteiger partial charge in [-0.15, -0.1) is 0 Å². The van der Waals surface area contributed by atoms with Crippen LogP contribution in [0.25, 0.3) is 0 Å². The molecule has 3 rings (SSSR count). The zero-order valence-corrected chi connectivity index (χ0v) is 20.7. The number of ether oxygens (including phenoxy) is 2. The number of benzene rings is 3. The lowest BCUT2D eigenvalue weighted by molar-refractivity contribution is -0.123. The van der Waals surface area contributed by atoms with E-state index < -0.39 is 29.7 Å². The van der Waals surface area contributed by atoms with Crippen LogP contribution in [0.1, 0.15) is 44.4 Å². The van der Waals surface area contributed by atoms with Crippen LogP contribution in [0.4, 0.5) is 5.69 Å². The van der Waals surface area contributed by atoms with E-state index in [1.165, 1.54) is 20.3 Å². The Labute approximate surface area is 214 Å². The van der Waals surface area contributed by atoms with Crippen LogP contribution in [-0.4, -0.2) is 43.9 Å². The second-order valence-corrected chi connectivity index (χ2v) is 7.83. The zero-order chi connectivity index (χ0) is 26.8. The Hall–Kier alpha value is -4.86. The summed E-state index contributed by atoms with van der Waals surface area (Å²) in [4.78, 5) is 50.6. The van der Waals surface area contributed by atoms with E-state index >= 15 is 0 Å². The Morgan fingerprint density at radius 2 is 1.24 bits per heavy atom. The molecule has 0 aliphatic rings. The predicted octanol–water partition coefficient (Wildman–Crippen LogP) is 2.93. The molecule has 4 amide bonds. The van der Waals surface area contributed by atoms with Crippen LogP contribution >= 0.6 is 0 Å². The third-order valence-electron chi connectivity index (χ3n) is 5.45. The van der Waals surface area contributed by atoms with E-state index in [0.29, 0.717) is 22.6 Å². The van der Waals surface area contributed by atoms with E-state index in [2.05, 4.69) is 21.5 Å². The molecule has 3 aromatic rings. The van der Waals surface area contributed by atoms with Gasteiger partial charge in [-0.3, -0.25) is 30.0 Å². The van der Waals surface area contributed by atoms with Gasteiger partial charge in [0.25, 0.3) is 23.6 Å². The molecule has 0 aliphatic heterocycles. The van der Waals surface area contributed by atoms with Gasteiger partial charge < -0.3 is 20.1 Å². The Balaban J connectivity index is 1.62. The average Bonchev–Trinajstić information content (AvgIpc) is 2.94. The summed E-state index contributed by atoms with van der Waals surface area (Å²) in [6, 6.07) is 18.4. The van der Waals surface area contributed by atoms with E-state index in [1.54, 1.807) is 73.7 Å². The molecule has 0 fully saturated rings. The Kier molecular flexibility index (Phi) is 9.20. The smallest absolute Gasteiger partial charge is 0.269 e. The van der Waals surface area contributed by atoms with Crippen LogP contribution in [0.15, 0.2) is 72.8 Å². The van der Waals surface area contributed by atoms with Crippen molar-refractivity contribution in [3.8, 4) is 11.5 Å². The zero-order valence-electron chi connectivity index (χ0n) is 20.7. The second-order valence-electron chi connectivity index (χ2n) is 7.83. The predicted molar refractivity (Wildman–Crippen MR) is 138 cm³/mol. The fourth-order valence-corrected chi connectivity index (χ4v) is 3.34. The summed E-state index contributed by atoms with van der Waals surface area (Å²) in [6.45, 7) is 1.72. The van der Waals surface area contributed by atoms with Crippen LogP contribution in [-0.2, 0) is 4.79 Å². The molecule has 1 atom stereocenters. The van der Waals surface area contributed by atoms with Gasteiger partial charge in [-0.2, -0.15) is 0 Å². The van der Waals surface area contributed by atoms with Gasteiger partial charge in [-0.05, 0) is 67.1 Å². The van der Waals surface area contributed by atoms with Crippen molar-refractivity contribution in [2.24, 2.45) is 0 Å². The van der Waals surface area contributed by atoms with Gasteiger partial charge >= 0.3 is 0 Å². The van der Waals surface area contributed by atoms with E-state index in [0.717, 1.165) is 0 Å². The maximum Gasteiger partial charge on any atom is 0.269 e. The van der Waals surface area contributed by atoms with Crippen molar-refractivity contribution < 1.29 is 28.7 Å². The lowest BCUT2D eigenvalue weighted by atomic mass is 10.1. The fourth-order valence-electron chi connectivity index (χ4n) is 3.34. The third-order valence-corrected chi connectivity index (χ3v) is 5.45. The number of hydrogen-bond donors (Lipinski definition) is 4. The van der Waals surface area contributed by atoms with Crippen molar-refractivity contribution in [3.05, 3.63) is 89.5 Å². The van der Waals surface area contributed by atoms with Crippen LogP contribution in [0.5, 0.6) is 11.5 Å². The number of carbonyl (C=O) groups is 4. The topological polar surface area (TPSA) is 135 Å². The lowest BCUT2D eigenvalue weighted by Gasteiger charge is -2.18. The van der Waals surface area contributed by atoms with Crippen molar-refractivity contribution >= 4 is 29.3 Å². The van der Waals surface area contributed by atoms with E-state index in [-0.39, 0.29) is 17.7 Å². The first-order valence-corrected chi connectivity index (χ1v) is 11.5. The number of rotatable bonds is 9. The molecule has 192 valence electrons. The quantitative estimate of drug-likeness (QED) is 0.331. The highest BCUT2D eigenvalue weighted by molar-refractivity contribution is 6.09. The maximum atomic E-state index is 13.0. The number of hydrazine groups is 1. The minimum atomic E-state index is -0.936. The summed E-state index contributed by atoms with van der Waals surface area (Å²) in [7, 11) is 3.05. The van der Waals surface area contributed by atoms with Crippen LogP contribution in [0.2, 0.25) is 0 Å². The second kappa shape index (κ2) is 12.7. The normalized spacial score (nSPS) is 11.0. The molecule has 0 bridgehead atoms. The van der Waals surface area contributed by atoms with E-state index in [9.17, 15) is 19.2 Å². The van der Waals surface area contributed by atoms with Crippen molar-refractivity contribution in [2.75, 3.05) is 19.5 Å². The highest BCUT2D eigenvalue weighted by Gasteiger charge is 2.22. The maximum absolute atomic E-state index is 13.0. The number of carbonyl (C=O) groups excluding carboxylic acids is 4. The molecule has 4 N–H and O–H groups in total. The summed E-state index contributed by atoms with van der Waals surface area (Å²) in [5.74, 6) is -0.889. The Morgan fingerprint density at radius 1 is 0.703 bits per heavy atom. The lowest BCUT2D eigenvalue weighted by Crippen LogP contribution is -2.52. The van der Waals surface area contributed by atoms with Gasteiger partial charge in [-0.1, -0.05) is 19.1 Å². The minimum Gasteiger partial charge on any atom is -0.497 e. The van der Waals surface area contributed by atoms with Gasteiger partial charge in [0.1, 0.15) is 17.5 Å². The molecule has 0 spiro atoms. The molecule has 0 aromatic heterocycles. The van der Waals surface area contributed by atoms with Crippen LogP contribution in [0.3, 0.4) is 0 Å². The molecular weight excluding hydrogens is 476 g/mol. The fraction of sp³-hybridized carbons (Fsp3) is 0.185. The molecule has 0 aliphatic carbocycles. The number of methoxy groups -OCH3 is 2. The average molecular weight is 505 g/mol. The van der Waals surface area contributed by atoms with Gasteiger partial charge in [-0.25, -0.2) is 0 Å². The van der Waals surface area contributed by atoms with Crippen molar-refractivity contribution in [3.63, 3.8) is 0 Å². The van der Waals surface area contributed by atoms with Crippen molar-refractivity contribution in [1.82, 2.24) is 16.2 Å². The van der Waals surface area contributed by atoms with Gasteiger partial charge in [0.15, 0.2) is 0 Å². The van der Waals surface area contributed by atoms with Gasteiger partial charge in [0, 0.05) is 11.1 Å². The SMILES string of the molecule is CCC(NC(=O)c1ccccc1NC(=O)c1ccc(OC)cc1)C(=O)NNC(=O)c1ccc(OC)cc1. The first-order valence-electron chi connectivity index (χ1n) is 11.5. The highest BCUT2D eigenvalue weighted by Crippen LogP contribution is 2.18. The van der Waals surface area contributed by atoms with Crippen molar-refractivity contribution in [2.45, 2.75) is 19.4 Å². The molecule has 10 nitrogen and oxygen atoms in total. The van der Waals surface area contributed by atoms with E-state index in [1.807, 2.05) is 0 Å². The number of para-hydroxylation sites is 1. The first-order chi connectivity index (χ1) is 17.9. The minimum absolute atomic E-state index is 0.179. The standard InChI is InChI=1S/C27H28N4O6/c1-4-22(27(35)31-30-25(33)18-11-15-20(37-3)16-12-18)28-26(34)21-7-5-6-8-23(21)29-24(32)17-9-13-19(36-2)14-10-17/h5-16,22H,4H2,1-3H3,(H,28,34)(H,29,32)(H,30,33)(H,31,35). The summed E-state index contributed by atoms with van der Waals surface area (Å²) in [5.41, 5.74) is 5.82. The molecule has 1 unspecified atom stereocenters. The number of amides is 4. The molecule has 3 aromatic carbocycles. The third kappa shape index (κ3) is 7.07. The van der Waals surface area contributed by atoms with Gasteiger partial charge in [0.2, 0.25) is 0 Å². The molecule has 0 radical (unpaired) electrons. The number of nitrogens with one attached hydrogen (secondary N) is 4. The number of anilines is 1. The highest BCUT2D eigenvalue weighted by atomic mass is 16.5.